The van der Waals surface area contributed by atoms with Crippen LogP contribution in [0.2, 0.25) is 0 Å². The minimum Gasteiger partial charge on any atom is -0.394 e. The van der Waals surface area contributed by atoms with Crippen molar-refractivity contribution in [1.29, 1.82) is 0 Å². The van der Waals surface area contributed by atoms with Gasteiger partial charge in [0.05, 0.1) is 22.0 Å². The second-order valence-electron chi connectivity index (χ2n) is 5.51. The van der Waals surface area contributed by atoms with Crippen molar-refractivity contribution in [3.8, 4) is 0 Å². The first-order valence-corrected chi connectivity index (χ1v) is 8.49. The van der Waals surface area contributed by atoms with Crippen molar-refractivity contribution >= 4 is 21.4 Å². The number of hydrogen-bond acceptors (Lipinski definition) is 7. The number of nitrogens with zero attached hydrogens (tertiary/aromatic N) is 2. The van der Waals surface area contributed by atoms with Crippen molar-refractivity contribution in [3.05, 3.63) is 28.3 Å². The van der Waals surface area contributed by atoms with Gasteiger partial charge in [0, 0.05) is 26.3 Å². The van der Waals surface area contributed by atoms with Crippen molar-refractivity contribution in [2.24, 2.45) is 5.14 Å². The Morgan fingerprint density at radius 1 is 1.43 bits per heavy atom. The number of aliphatic hydroxyl groups is 1. The number of rotatable bonds is 5. The Balaban J connectivity index is 2.51. The number of sulfonamides is 1. The number of primary sulfonamides is 1. The highest BCUT2D eigenvalue weighted by Gasteiger charge is 2.38. The molecule has 9 nitrogen and oxygen atoms in total. The van der Waals surface area contributed by atoms with Gasteiger partial charge in [-0.05, 0) is 25.0 Å². The molecule has 0 saturated carbocycles. The molecule has 23 heavy (non-hydrogen) atoms. The van der Waals surface area contributed by atoms with Crippen LogP contribution in [0.3, 0.4) is 0 Å². The van der Waals surface area contributed by atoms with Gasteiger partial charge >= 0.3 is 0 Å². The van der Waals surface area contributed by atoms with E-state index >= 15 is 0 Å². The molecule has 128 valence electrons. The Labute approximate surface area is 133 Å². The monoisotopic (exact) mass is 345 g/mol. The highest BCUT2D eigenvalue weighted by atomic mass is 32.2. The van der Waals surface area contributed by atoms with Crippen LogP contribution in [-0.2, 0) is 14.8 Å². The van der Waals surface area contributed by atoms with Crippen molar-refractivity contribution in [2.45, 2.75) is 23.3 Å². The summed E-state index contributed by atoms with van der Waals surface area (Å²) in [7, 11) is -2.40. The molecule has 0 spiro atoms. The molecule has 1 heterocycles. The number of hydrogen-bond donors (Lipinski definition) is 2. The molecule has 1 saturated heterocycles. The van der Waals surface area contributed by atoms with E-state index < -0.39 is 20.5 Å². The van der Waals surface area contributed by atoms with Crippen molar-refractivity contribution in [3.63, 3.8) is 0 Å². The van der Waals surface area contributed by atoms with E-state index in [0.29, 0.717) is 26.1 Å². The molecule has 1 fully saturated rings. The standard InChI is InChI=1S/C13H19N3O6S/c1-15(13(9-17)4-6-22-7-5-13)11-3-2-10(23(14,20)21)8-12(11)16(18)19/h2-3,8,17H,4-7,9H2,1H3,(H2,14,20,21). The summed E-state index contributed by atoms with van der Waals surface area (Å²) in [6.07, 6.45) is 1.02. The van der Waals surface area contributed by atoms with Crippen LogP contribution in [0.5, 0.6) is 0 Å². The van der Waals surface area contributed by atoms with Gasteiger partial charge in [-0.2, -0.15) is 0 Å². The first kappa shape index (κ1) is 17.6. The lowest BCUT2D eigenvalue weighted by Gasteiger charge is -2.44. The molecular weight excluding hydrogens is 326 g/mol. The van der Waals surface area contributed by atoms with E-state index in [9.17, 15) is 23.6 Å². The maximum absolute atomic E-state index is 11.4. The number of benzene rings is 1. The second-order valence-corrected chi connectivity index (χ2v) is 7.07. The molecule has 0 bridgehead atoms. The minimum absolute atomic E-state index is 0.193. The normalized spacial score (nSPS) is 17.7. The summed E-state index contributed by atoms with van der Waals surface area (Å²) in [5, 5.41) is 26.2. The zero-order chi connectivity index (χ0) is 17.3. The van der Waals surface area contributed by atoms with E-state index in [2.05, 4.69) is 0 Å². The van der Waals surface area contributed by atoms with Crippen LogP contribution in [-0.4, -0.2) is 50.9 Å². The minimum atomic E-state index is -4.04. The van der Waals surface area contributed by atoms with Gasteiger partial charge in [-0.15, -0.1) is 0 Å². The van der Waals surface area contributed by atoms with Gasteiger partial charge in [-0.1, -0.05) is 0 Å². The van der Waals surface area contributed by atoms with Crippen LogP contribution in [0.25, 0.3) is 0 Å². The topological polar surface area (TPSA) is 136 Å². The Bertz CT molecular complexity index is 700. The van der Waals surface area contributed by atoms with Crippen LogP contribution >= 0.6 is 0 Å². The number of nitrogens with two attached hydrogens (primary N) is 1. The Morgan fingerprint density at radius 2 is 2.04 bits per heavy atom. The largest absolute Gasteiger partial charge is 0.394 e. The molecule has 0 atom stereocenters. The number of aliphatic hydroxyl groups excluding tert-OH is 1. The summed E-state index contributed by atoms with van der Waals surface area (Å²) >= 11 is 0. The van der Waals surface area contributed by atoms with Crippen molar-refractivity contribution in [1.82, 2.24) is 0 Å². The summed E-state index contributed by atoms with van der Waals surface area (Å²) in [4.78, 5) is 12.0. The molecule has 0 aliphatic carbocycles. The molecule has 1 aliphatic heterocycles. The Hall–Kier alpha value is -1.75. The van der Waals surface area contributed by atoms with Gasteiger partial charge < -0.3 is 14.7 Å². The highest BCUT2D eigenvalue weighted by molar-refractivity contribution is 7.89. The van der Waals surface area contributed by atoms with Crippen molar-refractivity contribution in [2.75, 3.05) is 31.8 Å². The van der Waals surface area contributed by atoms with E-state index in [1.807, 2.05) is 0 Å². The molecule has 1 aromatic carbocycles. The van der Waals surface area contributed by atoms with Crippen LogP contribution in [0, 0.1) is 10.1 Å². The van der Waals surface area contributed by atoms with Gasteiger partial charge in [-0.3, -0.25) is 10.1 Å². The van der Waals surface area contributed by atoms with E-state index in [-0.39, 0.29) is 22.9 Å². The summed E-state index contributed by atoms with van der Waals surface area (Å²) < 4.78 is 28.1. The Kier molecular flexibility index (Phi) is 4.90. The number of nitro groups is 1. The molecule has 0 amide bonds. The molecular formula is C13H19N3O6S. The Morgan fingerprint density at radius 3 is 2.52 bits per heavy atom. The molecule has 0 unspecified atom stereocenters. The van der Waals surface area contributed by atoms with Gasteiger partial charge in [0.15, 0.2) is 0 Å². The fraction of sp³-hybridized carbons (Fsp3) is 0.538. The maximum Gasteiger partial charge on any atom is 0.293 e. The van der Waals surface area contributed by atoms with E-state index in [1.165, 1.54) is 12.1 Å². The first-order valence-electron chi connectivity index (χ1n) is 6.95. The van der Waals surface area contributed by atoms with Gasteiger partial charge in [-0.25, -0.2) is 13.6 Å². The molecule has 10 heteroatoms. The maximum atomic E-state index is 11.4. The SMILES string of the molecule is CN(c1ccc(S(N)(=O)=O)cc1[N+](=O)[O-])C1(CO)CCOCC1. The number of nitro benzene ring substituents is 1. The fourth-order valence-electron chi connectivity index (χ4n) is 2.72. The molecule has 1 aliphatic rings. The van der Waals surface area contributed by atoms with Gasteiger partial charge in [0.2, 0.25) is 10.0 Å². The molecule has 3 N–H and O–H groups in total. The second kappa shape index (κ2) is 6.40. The zero-order valence-corrected chi connectivity index (χ0v) is 13.5. The number of ether oxygens (including phenoxy) is 1. The highest BCUT2D eigenvalue weighted by Crippen LogP contribution is 2.37. The first-order chi connectivity index (χ1) is 10.7. The lowest BCUT2D eigenvalue weighted by molar-refractivity contribution is -0.384. The fourth-order valence-corrected chi connectivity index (χ4v) is 3.25. The summed E-state index contributed by atoms with van der Waals surface area (Å²) in [6, 6.07) is 3.49. The number of likely N-dealkylation sites (N-methyl/N-ethyl adjacent to an activating group) is 1. The van der Waals surface area contributed by atoms with E-state index in [0.717, 1.165) is 6.07 Å². The van der Waals surface area contributed by atoms with Crippen LogP contribution in [0.15, 0.2) is 23.1 Å². The van der Waals surface area contributed by atoms with Crippen LogP contribution in [0.1, 0.15) is 12.8 Å². The van der Waals surface area contributed by atoms with Crippen molar-refractivity contribution < 1.29 is 23.2 Å². The van der Waals surface area contributed by atoms with E-state index in [1.54, 1.807) is 11.9 Å². The third-order valence-electron chi connectivity index (χ3n) is 4.26. The average Bonchev–Trinajstić information content (AvgIpc) is 2.53. The predicted octanol–water partition coefficient (Wildman–Crippen LogP) is 0.220. The predicted molar refractivity (Wildman–Crippen MR) is 82.7 cm³/mol. The van der Waals surface area contributed by atoms with Gasteiger partial charge in [0.25, 0.3) is 5.69 Å². The zero-order valence-electron chi connectivity index (χ0n) is 12.6. The lowest BCUT2D eigenvalue weighted by Crippen LogP contribution is -2.53. The van der Waals surface area contributed by atoms with Crippen LogP contribution < -0.4 is 10.0 Å². The summed E-state index contributed by atoms with van der Waals surface area (Å²) in [5.41, 5.74) is -0.844. The van der Waals surface area contributed by atoms with Crippen LogP contribution in [0.4, 0.5) is 11.4 Å². The van der Waals surface area contributed by atoms with Gasteiger partial charge in [0.1, 0.15) is 5.69 Å². The van der Waals surface area contributed by atoms with E-state index in [4.69, 9.17) is 9.88 Å². The quantitative estimate of drug-likeness (QED) is 0.575. The third kappa shape index (κ3) is 3.44. The molecule has 0 radical (unpaired) electrons. The molecule has 0 aromatic heterocycles. The smallest absolute Gasteiger partial charge is 0.293 e. The molecule has 1 aromatic rings. The average molecular weight is 345 g/mol. The summed E-state index contributed by atoms with van der Waals surface area (Å²) in [6.45, 7) is 0.683. The summed E-state index contributed by atoms with van der Waals surface area (Å²) in [5.74, 6) is 0. The third-order valence-corrected chi connectivity index (χ3v) is 5.17. The lowest BCUT2D eigenvalue weighted by atomic mass is 9.88. The molecule has 2 rings (SSSR count). The number of anilines is 1.